The third-order valence-corrected chi connectivity index (χ3v) is 10.3. The van der Waals surface area contributed by atoms with E-state index in [1.165, 1.54) is 186 Å². The van der Waals surface area contributed by atoms with Gasteiger partial charge in [-0.1, -0.05) is 225 Å². The molecule has 0 saturated heterocycles. The Morgan fingerprint density at radius 1 is 0.510 bits per heavy atom. The molecule has 0 aromatic carbocycles. The highest BCUT2D eigenvalue weighted by Crippen LogP contribution is 2.16. The molecule has 0 heterocycles. The van der Waals surface area contributed by atoms with Gasteiger partial charge >= 0.3 is 0 Å². The van der Waals surface area contributed by atoms with Crippen molar-refractivity contribution in [2.75, 3.05) is 6.61 Å². The third-order valence-electron chi connectivity index (χ3n) is 10.3. The Bertz CT molecular complexity index is 684. The predicted octanol–water partition coefficient (Wildman–Crippen LogP) is 12.4. The zero-order chi connectivity index (χ0) is 35.9. The molecular weight excluding hydrogens is 606 g/mol. The van der Waals surface area contributed by atoms with E-state index in [0.29, 0.717) is 6.42 Å². The number of carbonyl (C=O) groups excluding carboxylic acids is 1. The molecule has 292 valence electrons. The van der Waals surface area contributed by atoms with Crippen LogP contribution in [0.4, 0.5) is 0 Å². The molecule has 3 atom stereocenters. The van der Waals surface area contributed by atoms with Gasteiger partial charge in [-0.2, -0.15) is 0 Å². The standard InChI is InChI=1S/C44H87NO4/c1-3-5-7-9-11-13-15-17-19-20-21-22-24-26-28-30-32-34-36-38-43(48)42(40-46)45-44(49)39-41(47)37-35-33-31-29-27-25-23-18-16-14-12-10-8-6-4-2/h36,38,41-43,46-48H,3-35,37,39-40H2,1-2H3,(H,45,49)/b38-36+. The molecule has 0 aromatic rings. The van der Waals surface area contributed by atoms with Crippen molar-refractivity contribution in [3.05, 3.63) is 12.2 Å². The fourth-order valence-corrected chi connectivity index (χ4v) is 6.93. The van der Waals surface area contributed by atoms with Crippen LogP contribution in [0.25, 0.3) is 0 Å². The Hall–Kier alpha value is -0.910. The van der Waals surface area contributed by atoms with E-state index in [9.17, 15) is 20.1 Å². The topological polar surface area (TPSA) is 89.8 Å². The van der Waals surface area contributed by atoms with Crippen molar-refractivity contribution in [1.82, 2.24) is 5.32 Å². The van der Waals surface area contributed by atoms with E-state index in [2.05, 4.69) is 19.2 Å². The third kappa shape index (κ3) is 36.7. The Balaban J connectivity index is 3.64. The van der Waals surface area contributed by atoms with Crippen LogP contribution in [-0.2, 0) is 4.79 Å². The molecule has 0 bridgehead atoms. The van der Waals surface area contributed by atoms with Crippen molar-refractivity contribution in [3.8, 4) is 0 Å². The summed E-state index contributed by atoms with van der Waals surface area (Å²) in [5, 5.41) is 33.2. The fraction of sp³-hybridized carbons (Fsp3) is 0.932. The molecule has 0 aliphatic carbocycles. The second kappa shape index (κ2) is 39.9. The summed E-state index contributed by atoms with van der Waals surface area (Å²) in [5.74, 6) is -0.312. The lowest BCUT2D eigenvalue weighted by Crippen LogP contribution is -2.45. The summed E-state index contributed by atoms with van der Waals surface area (Å²) in [7, 11) is 0. The lowest BCUT2D eigenvalue weighted by Gasteiger charge is -2.21. The smallest absolute Gasteiger partial charge is 0.222 e. The summed E-state index contributed by atoms with van der Waals surface area (Å²) < 4.78 is 0. The molecule has 49 heavy (non-hydrogen) atoms. The van der Waals surface area contributed by atoms with Gasteiger partial charge < -0.3 is 20.6 Å². The predicted molar refractivity (Wildman–Crippen MR) is 213 cm³/mol. The molecule has 5 heteroatoms. The van der Waals surface area contributed by atoms with Gasteiger partial charge in [0.05, 0.1) is 31.3 Å². The zero-order valence-corrected chi connectivity index (χ0v) is 33.1. The second-order valence-electron chi connectivity index (χ2n) is 15.3. The van der Waals surface area contributed by atoms with Crippen LogP contribution in [0, 0.1) is 0 Å². The van der Waals surface area contributed by atoms with Gasteiger partial charge in [-0.3, -0.25) is 4.79 Å². The van der Waals surface area contributed by atoms with Crippen molar-refractivity contribution in [2.24, 2.45) is 0 Å². The Labute approximate surface area is 306 Å². The van der Waals surface area contributed by atoms with Crippen LogP contribution < -0.4 is 5.32 Å². The van der Waals surface area contributed by atoms with E-state index >= 15 is 0 Å². The SMILES string of the molecule is CCCCCCCCCCCCCCCCCCC/C=C/C(O)C(CO)NC(=O)CC(O)CCCCCCCCCCCCCCCCC. The summed E-state index contributed by atoms with van der Waals surface area (Å²) in [6.07, 6.45) is 46.3. The maximum Gasteiger partial charge on any atom is 0.222 e. The van der Waals surface area contributed by atoms with Crippen molar-refractivity contribution in [1.29, 1.82) is 0 Å². The minimum absolute atomic E-state index is 0.0186. The van der Waals surface area contributed by atoms with E-state index in [1.54, 1.807) is 6.08 Å². The number of allylic oxidation sites excluding steroid dienone is 1. The first-order chi connectivity index (χ1) is 24.0. The highest BCUT2D eigenvalue weighted by Gasteiger charge is 2.20. The average molecular weight is 694 g/mol. The van der Waals surface area contributed by atoms with Crippen LogP contribution in [-0.4, -0.2) is 46.1 Å². The number of hydrogen-bond donors (Lipinski definition) is 4. The molecule has 0 aliphatic rings. The molecule has 0 aromatic heterocycles. The Morgan fingerprint density at radius 2 is 0.837 bits per heavy atom. The van der Waals surface area contributed by atoms with Gasteiger partial charge in [0, 0.05) is 0 Å². The number of aliphatic hydroxyl groups is 3. The number of carbonyl (C=O) groups is 1. The van der Waals surface area contributed by atoms with Crippen LogP contribution in [0.2, 0.25) is 0 Å². The highest BCUT2D eigenvalue weighted by atomic mass is 16.3. The molecule has 4 N–H and O–H groups in total. The van der Waals surface area contributed by atoms with Gasteiger partial charge in [0.15, 0.2) is 0 Å². The first-order valence-corrected chi connectivity index (χ1v) is 22.0. The number of aliphatic hydroxyl groups excluding tert-OH is 3. The molecule has 5 nitrogen and oxygen atoms in total. The molecule has 0 spiro atoms. The Kier molecular flexibility index (Phi) is 39.1. The van der Waals surface area contributed by atoms with Gasteiger partial charge in [0.1, 0.15) is 0 Å². The summed E-state index contributed by atoms with van der Waals surface area (Å²) in [6, 6.07) is -0.739. The lowest BCUT2D eigenvalue weighted by molar-refractivity contribution is -0.124. The van der Waals surface area contributed by atoms with Crippen LogP contribution >= 0.6 is 0 Å². The van der Waals surface area contributed by atoms with Gasteiger partial charge in [0.25, 0.3) is 0 Å². The minimum Gasteiger partial charge on any atom is -0.394 e. The summed E-state index contributed by atoms with van der Waals surface area (Å²) in [5.41, 5.74) is 0. The first kappa shape index (κ1) is 48.1. The number of amides is 1. The van der Waals surface area contributed by atoms with Crippen LogP contribution in [0.1, 0.15) is 239 Å². The van der Waals surface area contributed by atoms with E-state index < -0.39 is 18.2 Å². The molecule has 0 radical (unpaired) electrons. The van der Waals surface area contributed by atoms with Crippen LogP contribution in [0.3, 0.4) is 0 Å². The van der Waals surface area contributed by atoms with E-state index in [1.807, 2.05) is 6.08 Å². The van der Waals surface area contributed by atoms with Crippen molar-refractivity contribution < 1.29 is 20.1 Å². The molecule has 3 unspecified atom stereocenters. The number of hydrogen-bond acceptors (Lipinski definition) is 4. The maximum absolute atomic E-state index is 12.4. The van der Waals surface area contributed by atoms with Gasteiger partial charge in [-0.25, -0.2) is 0 Å². The molecule has 0 saturated carbocycles. The van der Waals surface area contributed by atoms with E-state index in [-0.39, 0.29) is 18.9 Å². The van der Waals surface area contributed by atoms with E-state index in [0.717, 1.165) is 25.7 Å². The van der Waals surface area contributed by atoms with Crippen LogP contribution in [0.15, 0.2) is 12.2 Å². The van der Waals surface area contributed by atoms with Gasteiger partial charge in [-0.05, 0) is 19.3 Å². The second-order valence-corrected chi connectivity index (χ2v) is 15.3. The average Bonchev–Trinajstić information content (AvgIpc) is 3.09. The van der Waals surface area contributed by atoms with E-state index in [4.69, 9.17) is 0 Å². The highest BCUT2D eigenvalue weighted by molar-refractivity contribution is 5.76. The van der Waals surface area contributed by atoms with Gasteiger partial charge in [-0.15, -0.1) is 0 Å². The minimum atomic E-state index is -0.924. The maximum atomic E-state index is 12.4. The number of unbranched alkanes of at least 4 members (excludes halogenated alkanes) is 31. The van der Waals surface area contributed by atoms with Gasteiger partial charge in [0.2, 0.25) is 5.91 Å². The molecule has 0 aliphatic heterocycles. The normalized spacial score (nSPS) is 13.7. The number of nitrogens with one attached hydrogen (secondary N) is 1. The summed E-state index contributed by atoms with van der Waals surface area (Å²) in [6.45, 7) is 4.23. The molecular formula is C44H87NO4. The fourth-order valence-electron chi connectivity index (χ4n) is 6.93. The zero-order valence-electron chi connectivity index (χ0n) is 33.1. The molecule has 0 fully saturated rings. The van der Waals surface area contributed by atoms with Crippen molar-refractivity contribution >= 4 is 5.91 Å². The number of rotatable bonds is 40. The molecule has 0 rings (SSSR count). The summed E-state index contributed by atoms with van der Waals surface area (Å²) in [4.78, 5) is 12.4. The largest absolute Gasteiger partial charge is 0.394 e. The van der Waals surface area contributed by atoms with Crippen molar-refractivity contribution in [3.63, 3.8) is 0 Å². The summed E-state index contributed by atoms with van der Waals surface area (Å²) >= 11 is 0. The Morgan fingerprint density at radius 3 is 1.18 bits per heavy atom. The van der Waals surface area contributed by atoms with Crippen molar-refractivity contribution in [2.45, 2.75) is 257 Å². The quantitative estimate of drug-likeness (QED) is 0.0380. The monoisotopic (exact) mass is 694 g/mol. The van der Waals surface area contributed by atoms with Crippen LogP contribution in [0.5, 0.6) is 0 Å². The lowest BCUT2D eigenvalue weighted by atomic mass is 10.0. The first-order valence-electron chi connectivity index (χ1n) is 22.0. The molecule has 1 amide bonds.